The maximum absolute atomic E-state index is 13.4. The number of para-hydroxylation sites is 1. The monoisotopic (exact) mass is 394 g/mol. The molecule has 1 aliphatic carbocycles. The summed E-state index contributed by atoms with van der Waals surface area (Å²) in [6, 6.07) is 16.5. The molecule has 5 heteroatoms. The van der Waals surface area contributed by atoms with E-state index in [0.29, 0.717) is 19.1 Å². The van der Waals surface area contributed by atoms with Crippen LogP contribution in [-0.4, -0.2) is 36.7 Å². The van der Waals surface area contributed by atoms with Gasteiger partial charge in [0.15, 0.2) is 11.5 Å². The molecule has 154 valence electrons. The van der Waals surface area contributed by atoms with Gasteiger partial charge in [-0.25, -0.2) is 0 Å². The predicted molar refractivity (Wildman–Crippen MR) is 114 cm³/mol. The van der Waals surface area contributed by atoms with Crippen molar-refractivity contribution < 1.29 is 14.3 Å². The quantitative estimate of drug-likeness (QED) is 0.688. The standard InChI is InChI=1S/C24H30N2O3/c1-2-25(16-19-13-14-22-23(15-19)29-18-28-22)17-24(27)26(20-9-5-3-6-10-20)21-11-7-4-8-12-21/h3,5-6,9-10,13-15,21H,2,4,7-8,11-12,16-18H2,1H3. The van der Waals surface area contributed by atoms with Crippen LogP contribution in [0.15, 0.2) is 48.5 Å². The molecular formula is C24H30N2O3. The Balaban J connectivity index is 1.47. The molecule has 0 saturated heterocycles. The van der Waals surface area contributed by atoms with Gasteiger partial charge in [-0.3, -0.25) is 9.69 Å². The number of likely N-dealkylation sites (N-methyl/N-ethyl adjacent to an activating group) is 1. The van der Waals surface area contributed by atoms with Crippen molar-refractivity contribution in [1.29, 1.82) is 0 Å². The summed E-state index contributed by atoms with van der Waals surface area (Å²) in [4.78, 5) is 17.7. The van der Waals surface area contributed by atoms with E-state index in [9.17, 15) is 4.79 Å². The number of rotatable bonds is 7. The summed E-state index contributed by atoms with van der Waals surface area (Å²) in [6.45, 7) is 4.33. The minimum atomic E-state index is 0.186. The molecule has 1 saturated carbocycles. The number of anilines is 1. The van der Waals surface area contributed by atoms with Crippen molar-refractivity contribution >= 4 is 11.6 Å². The third-order valence-corrected chi connectivity index (χ3v) is 5.89. The Morgan fingerprint density at radius 1 is 1.00 bits per heavy atom. The summed E-state index contributed by atoms with van der Waals surface area (Å²) in [7, 11) is 0. The summed E-state index contributed by atoms with van der Waals surface area (Å²) in [6.07, 6.45) is 5.87. The molecule has 29 heavy (non-hydrogen) atoms. The van der Waals surface area contributed by atoms with Crippen LogP contribution in [0.3, 0.4) is 0 Å². The van der Waals surface area contributed by atoms with Crippen LogP contribution in [-0.2, 0) is 11.3 Å². The van der Waals surface area contributed by atoms with E-state index < -0.39 is 0 Å². The molecule has 1 fully saturated rings. The fraction of sp³-hybridized carbons (Fsp3) is 0.458. The molecule has 5 nitrogen and oxygen atoms in total. The van der Waals surface area contributed by atoms with Gasteiger partial charge in [0.25, 0.3) is 0 Å². The third kappa shape index (κ3) is 4.73. The number of amides is 1. The zero-order chi connectivity index (χ0) is 20.1. The van der Waals surface area contributed by atoms with Gasteiger partial charge in [0.05, 0.1) is 6.54 Å². The minimum Gasteiger partial charge on any atom is -0.454 e. The van der Waals surface area contributed by atoms with Gasteiger partial charge in [-0.05, 0) is 49.2 Å². The Hall–Kier alpha value is -2.53. The highest BCUT2D eigenvalue weighted by atomic mass is 16.7. The zero-order valence-corrected chi connectivity index (χ0v) is 17.2. The lowest BCUT2D eigenvalue weighted by molar-refractivity contribution is -0.120. The molecule has 2 aliphatic rings. The van der Waals surface area contributed by atoms with Crippen LogP contribution < -0.4 is 14.4 Å². The number of carbonyl (C=O) groups excluding carboxylic acids is 1. The highest BCUT2D eigenvalue weighted by molar-refractivity contribution is 5.95. The lowest BCUT2D eigenvalue weighted by atomic mass is 9.93. The number of carbonyl (C=O) groups is 1. The van der Waals surface area contributed by atoms with Crippen molar-refractivity contribution in [2.45, 2.75) is 51.6 Å². The van der Waals surface area contributed by atoms with E-state index in [-0.39, 0.29) is 12.7 Å². The fourth-order valence-corrected chi connectivity index (χ4v) is 4.33. The predicted octanol–water partition coefficient (Wildman–Crippen LogP) is 4.60. The molecule has 1 amide bonds. The Morgan fingerprint density at radius 3 is 2.52 bits per heavy atom. The van der Waals surface area contributed by atoms with E-state index in [1.807, 2.05) is 30.3 Å². The van der Waals surface area contributed by atoms with Crippen LogP contribution in [0.25, 0.3) is 0 Å². The fourth-order valence-electron chi connectivity index (χ4n) is 4.33. The van der Waals surface area contributed by atoms with Gasteiger partial charge in [0.1, 0.15) is 0 Å². The Bertz CT molecular complexity index is 818. The van der Waals surface area contributed by atoms with E-state index in [2.05, 4.69) is 34.9 Å². The van der Waals surface area contributed by atoms with E-state index in [1.54, 1.807) is 0 Å². The second kappa shape index (κ2) is 9.31. The molecule has 1 aliphatic heterocycles. The first-order valence-corrected chi connectivity index (χ1v) is 10.7. The van der Waals surface area contributed by atoms with Crippen molar-refractivity contribution in [1.82, 2.24) is 4.90 Å². The third-order valence-electron chi connectivity index (χ3n) is 5.89. The first-order valence-electron chi connectivity index (χ1n) is 10.7. The molecule has 0 bridgehead atoms. The van der Waals surface area contributed by atoms with Gasteiger partial charge < -0.3 is 14.4 Å². The Morgan fingerprint density at radius 2 is 1.76 bits per heavy atom. The Labute approximate surface area is 173 Å². The van der Waals surface area contributed by atoms with Crippen molar-refractivity contribution in [2.24, 2.45) is 0 Å². The summed E-state index contributed by atoms with van der Waals surface area (Å²) >= 11 is 0. The first kappa shape index (κ1) is 19.8. The summed E-state index contributed by atoms with van der Waals surface area (Å²) in [5.74, 6) is 1.77. The second-order valence-electron chi connectivity index (χ2n) is 7.88. The van der Waals surface area contributed by atoms with Gasteiger partial charge in [-0.2, -0.15) is 0 Å². The average molecular weight is 395 g/mol. The number of hydrogen-bond donors (Lipinski definition) is 0. The van der Waals surface area contributed by atoms with E-state index in [1.165, 1.54) is 19.3 Å². The van der Waals surface area contributed by atoms with Crippen LogP contribution >= 0.6 is 0 Å². The summed E-state index contributed by atoms with van der Waals surface area (Å²) < 4.78 is 10.9. The lowest BCUT2D eigenvalue weighted by Gasteiger charge is -2.36. The van der Waals surface area contributed by atoms with E-state index >= 15 is 0 Å². The molecule has 1 heterocycles. The van der Waals surface area contributed by atoms with Crippen molar-refractivity contribution in [3.05, 3.63) is 54.1 Å². The van der Waals surface area contributed by atoms with Crippen molar-refractivity contribution in [3.8, 4) is 11.5 Å². The molecule has 0 atom stereocenters. The Kier molecular flexibility index (Phi) is 6.35. The molecule has 2 aromatic carbocycles. The van der Waals surface area contributed by atoms with Crippen LogP contribution in [0.4, 0.5) is 5.69 Å². The van der Waals surface area contributed by atoms with Crippen LogP contribution in [0, 0.1) is 0 Å². The number of ether oxygens (including phenoxy) is 2. The smallest absolute Gasteiger partial charge is 0.241 e. The number of hydrogen-bond acceptors (Lipinski definition) is 4. The second-order valence-corrected chi connectivity index (χ2v) is 7.88. The molecule has 0 unspecified atom stereocenters. The van der Waals surface area contributed by atoms with Gasteiger partial charge in [0, 0.05) is 18.3 Å². The zero-order valence-electron chi connectivity index (χ0n) is 17.2. The molecule has 0 aromatic heterocycles. The van der Waals surface area contributed by atoms with Gasteiger partial charge in [-0.15, -0.1) is 0 Å². The van der Waals surface area contributed by atoms with Gasteiger partial charge in [-0.1, -0.05) is 50.5 Å². The number of fused-ring (bicyclic) bond motifs is 1. The molecule has 2 aromatic rings. The SMILES string of the molecule is CCN(CC(=O)N(c1ccccc1)C1CCCCC1)Cc1ccc2c(c1)OCO2. The van der Waals surface area contributed by atoms with Gasteiger partial charge >= 0.3 is 0 Å². The maximum atomic E-state index is 13.4. The minimum absolute atomic E-state index is 0.186. The largest absolute Gasteiger partial charge is 0.454 e. The van der Waals surface area contributed by atoms with Crippen LogP contribution in [0.2, 0.25) is 0 Å². The van der Waals surface area contributed by atoms with Gasteiger partial charge in [0.2, 0.25) is 12.7 Å². The van der Waals surface area contributed by atoms with Crippen LogP contribution in [0.5, 0.6) is 11.5 Å². The maximum Gasteiger partial charge on any atom is 0.241 e. The average Bonchev–Trinajstić information content (AvgIpc) is 3.23. The van der Waals surface area contributed by atoms with Crippen LogP contribution in [0.1, 0.15) is 44.6 Å². The molecule has 0 spiro atoms. The summed E-state index contributed by atoms with van der Waals surface area (Å²) in [5, 5.41) is 0. The number of nitrogens with zero attached hydrogens (tertiary/aromatic N) is 2. The van der Waals surface area contributed by atoms with E-state index in [4.69, 9.17) is 9.47 Å². The normalized spacial score (nSPS) is 16.2. The topological polar surface area (TPSA) is 42.0 Å². The summed E-state index contributed by atoms with van der Waals surface area (Å²) in [5.41, 5.74) is 2.15. The lowest BCUT2D eigenvalue weighted by Crippen LogP contribution is -2.46. The van der Waals surface area contributed by atoms with Crippen molar-refractivity contribution in [2.75, 3.05) is 24.8 Å². The molecule has 0 radical (unpaired) electrons. The molecule has 4 rings (SSSR count). The van der Waals surface area contributed by atoms with E-state index in [0.717, 1.165) is 42.1 Å². The first-order chi connectivity index (χ1) is 14.2. The van der Waals surface area contributed by atoms with Crippen molar-refractivity contribution in [3.63, 3.8) is 0 Å². The highest BCUT2D eigenvalue weighted by Crippen LogP contribution is 2.33. The number of benzene rings is 2. The molecular weight excluding hydrogens is 364 g/mol. The highest BCUT2D eigenvalue weighted by Gasteiger charge is 2.27. The molecule has 0 N–H and O–H groups in total.